The second kappa shape index (κ2) is 4.51. The predicted octanol–water partition coefficient (Wildman–Crippen LogP) is 2.22. The summed E-state index contributed by atoms with van der Waals surface area (Å²) < 4.78 is 39.0. The van der Waals surface area contributed by atoms with Crippen LogP contribution in [-0.4, -0.2) is 17.6 Å². The van der Waals surface area contributed by atoms with Crippen molar-refractivity contribution in [3.8, 4) is 0 Å². The molecule has 0 aliphatic rings. The van der Waals surface area contributed by atoms with Gasteiger partial charge in [-0.2, -0.15) is 0 Å². The van der Waals surface area contributed by atoms with Crippen molar-refractivity contribution < 1.29 is 18.3 Å². The van der Waals surface area contributed by atoms with Crippen molar-refractivity contribution in [1.29, 1.82) is 0 Å². The quantitative estimate of drug-likeness (QED) is 0.894. The number of hydrogen-bond acceptors (Lipinski definition) is 2. The van der Waals surface area contributed by atoms with E-state index in [4.69, 9.17) is 10.8 Å². The molecule has 1 atom stereocenters. The van der Waals surface area contributed by atoms with Gasteiger partial charge in [0.1, 0.15) is 12.4 Å². The normalized spacial score (nSPS) is 14.0. The SMILES string of the molecule is N[C@@H](c1cccc(F)c1Br)C(F)(F)CO. The zero-order chi connectivity index (χ0) is 11.6. The molecule has 0 aliphatic heterocycles. The fourth-order valence-corrected chi connectivity index (χ4v) is 1.60. The van der Waals surface area contributed by atoms with Crippen LogP contribution < -0.4 is 5.73 Å². The standard InChI is InChI=1S/C9H9BrF3NO/c10-7-5(2-1-3-6(7)11)8(14)9(12,13)4-15/h1-3,8,15H,4,14H2/t8-/m0/s1. The molecule has 84 valence electrons. The predicted molar refractivity (Wildman–Crippen MR) is 53.1 cm³/mol. The molecule has 0 bridgehead atoms. The van der Waals surface area contributed by atoms with Gasteiger partial charge in [0.05, 0.1) is 10.5 Å². The van der Waals surface area contributed by atoms with E-state index in [1.165, 1.54) is 12.1 Å². The van der Waals surface area contributed by atoms with Crippen LogP contribution in [-0.2, 0) is 0 Å². The highest BCUT2D eigenvalue weighted by Crippen LogP contribution is 2.33. The van der Waals surface area contributed by atoms with E-state index in [2.05, 4.69) is 15.9 Å². The maximum Gasteiger partial charge on any atom is 0.289 e. The van der Waals surface area contributed by atoms with E-state index in [-0.39, 0.29) is 10.0 Å². The number of rotatable bonds is 3. The minimum absolute atomic E-state index is 0.0750. The van der Waals surface area contributed by atoms with Crippen molar-refractivity contribution >= 4 is 15.9 Å². The van der Waals surface area contributed by atoms with Crippen LogP contribution in [0.15, 0.2) is 22.7 Å². The van der Waals surface area contributed by atoms with Gasteiger partial charge in [0, 0.05) is 0 Å². The molecule has 1 aromatic rings. The third kappa shape index (κ3) is 2.50. The molecule has 6 heteroatoms. The third-order valence-corrected chi connectivity index (χ3v) is 2.82. The third-order valence-electron chi connectivity index (χ3n) is 1.98. The zero-order valence-electron chi connectivity index (χ0n) is 7.55. The molecular weight excluding hydrogens is 275 g/mol. The Morgan fingerprint density at radius 2 is 2.07 bits per heavy atom. The van der Waals surface area contributed by atoms with E-state index in [9.17, 15) is 13.2 Å². The second-order valence-electron chi connectivity index (χ2n) is 3.04. The summed E-state index contributed by atoms with van der Waals surface area (Å²) in [4.78, 5) is 0. The van der Waals surface area contributed by atoms with Crippen LogP contribution in [0.4, 0.5) is 13.2 Å². The van der Waals surface area contributed by atoms with Gasteiger partial charge in [-0.1, -0.05) is 12.1 Å². The van der Waals surface area contributed by atoms with Crippen LogP contribution in [0.25, 0.3) is 0 Å². The lowest BCUT2D eigenvalue weighted by Gasteiger charge is -2.22. The van der Waals surface area contributed by atoms with E-state index >= 15 is 0 Å². The van der Waals surface area contributed by atoms with Gasteiger partial charge < -0.3 is 10.8 Å². The fourth-order valence-electron chi connectivity index (χ4n) is 1.09. The van der Waals surface area contributed by atoms with Gasteiger partial charge in [-0.3, -0.25) is 0 Å². The first kappa shape index (κ1) is 12.5. The van der Waals surface area contributed by atoms with Crippen molar-refractivity contribution in [2.45, 2.75) is 12.0 Å². The average molecular weight is 284 g/mol. The summed E-state index contributed by atoms with van der Waals surface area (Å²) in [7, 11) is 0. The number of aliphatic hydroxyl groups excluding tert-OH is 1. The summed E-state index contributed by atoms with van der Waals surface area (Å²) in [5.74, 6) is -4.15. The van der Waals surface area contributed by atoms with Crippen LogP contribution in [0.2, 0.25) is 0 Å². The topological polar surface area (TPSA) is 46.2 Å². The first-order valence-electron chi connectivity index (χ1n) is 4.08. The fraction of sp³-hybridized carbons (Fsp3) is 0.333. The second-order valence-corrected chi connectivity index (χ2v) is 3.83. The molecule has 0 radical (unpaired) electrons. The van der Waals surface area contributed by atoms with Crippen LogP contribution in [0.3, 0.4) is 0 Å². The molecule has 0 unspecified atom stereocenters. The van der Waals surface area contributed by atoms with E-state index in [1.54, 1.807) is 0 Å². The van der Waals surface area contributed by atoms with Gasteiger partial charge in [0.15, 0.2) is 0 Å². The minimum atomic E-state index is -3.48. The van der Waals surface area contributed by atoms with Crippen LogP contribution in [0.1, 0.15) is 11.6 Å². The molecule has 1 rings (SSSR count). The molecule has 0 heterocycles. The Bertz CT molecular complexity index is 359. The molecule has 1 aromatic carbocycles. The van der Waals surface area contributed by atoms with Gasteiger partial charge in [-0.05, 0) is 27.6 Å². The van der Waals surface area contributed by atoms with Crippen molar-refractivity contribution in [1.82, 2.24) is 0 Å². The Hall–Kier alpha value is -0.590. The zero-order valence-corrected chi connectivity index (χ0v) is 9.14. The largest absolute Gasteiger partial charge is 0.390 e. The summed E-state index contributed by atoms with van der Waals surface area (Å²) in [5, 5.41) is 8.45. The Balaban J connectivity index is 3.12. The molecule has 0 fully saturated rings. The van der Waals surface area contributed by atoms with Crippen molar-refractivity contribution in [3.05, 3.63) is 34.1 Å². The molecular formula is C9H9BrF3NO. The summed E-state index contributed by atoms with van der Waals surface area (Å²) in [6.45, 7) is -1.38. The van der Waals surface area contributed by atoms with Crippen LogP contribution in [0.5, 0.6) is 0 Å². The smallest absolute Gasteiger partial charge is 0.289 e. The Kier molecular flexibility index (Phi) is 3.75. The van der Waals surface area contributed by atoms with Gasteiger partial charge in [0.25, 0.3) is 5.92 Å². The molecule has 0 spiro atoms. The van der Waals surface area contributed by atoms with Crippen molar-refractivity contribution in [3.63, 3.8) is 0 Å². The first-order valence-corrected chi connectivity index (χ1v) is 4.87. The van der Waals surface area contributed by atoms with E-state index < -0.39 is 24.4 Å². The lowest BCUT2D eigenvalue weighted by Crippen LogP contribution is -2.36. The maximum atomic E-state index is 13.0. The Morgan fingerprint density at radius 1 is 1.47 bits per heavy atom. The molecule has 0 aromatic heterocycles. The summed E-state index contributed by atoms with van der Waals surface area (Å²) >= 11 is 2.83. The highest BCUT2D eigenvalue weighted by Gasteiger charge is 2.38. The van der Waals surface area contributed by atoms with Gasteiger partial charge in [-0.25, -0.2) is 13.2 Å². The van der Waals surface area contributed by atoms with Gasteiger partial charge >= 0.3 is 0 Å². The average Bonchev–Trinajstić information content (AvgIpc) is 2.21. The number of alkyl halides is 2. The number of halogens is 4. The number of hydrogen-bond donors (Lipinski definition) is 2. The maximum absolute atomic E-state index is 13.0. The number of aliphatic hydroxyl groups is 1. The molecule has 2 nitrogen and oxygen atoms in total. The number of benzene rings is 1. The molecule has 0 saturated heterocycles. The molecule has 0 aliphatic carbocycles. The van der Waals surface area contributed by atoms with Crippen LogP contribution in [0, 0.1) is 5.82 Å². The molecule has 3 N–H and O–H groups in total. The summed E-state index contributed by atoms with van der Waals surface area (Å²) in [5.41, 5.74) is 5.17. The van der Waals surface area contributed by atoms with E-state index in [0.29, 0.717) is 0 Å². The highest BCUT2D eigenvalue weighted by molar-refractivity contribution is 9.10. The summed E-state index contributed by atoms with van der Waals surface area (Å²) in [6, 6.07) is 1.94. The van der Waals surface area contributed by atoms with E-state index in [1.807, 2.05) is 0 Å². The Morgan fingerprint density at radius 3 is 2.60 bits per heavy atom. The lowest BCUT2D eigenvalue weighted by atomic mass is 10.0. The monoisotopic (exact) mass is 283 g/mol. The summed E-state index contributed by atoms with van der Waals surface area (Å²) in [6.07, 6.45) is 0. The van der Waals surface area contributed by atoms with E-state index in [0.717, 1.165) is 6.07 Å². The molecule has 0 amide bonds. The molecule has 15 heavy (non-hydrogen) atoms. The Labute approximate surface area is 93.0 Å². The van der Waals surface area contributed by atoms with Gasteiger partial charge in [-0.15, -0.1) is 0 Å². The van der Waals surface area contributed by atoms with Crippen LogP contribution >= 0.6 is 15.9 Å². The minimum Gasteiger partial charge on any atom is -0.390 e. The van der Waals surface area contributed by atoms with Crippen molar-refractivity contribution in [2.24, 2.45) is 5.73 Å². The highest BCUT2D eigenvalue weighted by atomic mass is 79.9. The lowest BCUT2D eigenvalue weighted by molar-refractivity contribution is -0.0713. The van der Waals surface area contributed by atoms with Crippen molar-refractivity contribution in [2.75, 3.05) is 6.61 Å². The first-order chi connectivity index (χ1) is 6.90. The number of nitrogens with two attached hydrogens (primary N) is 1. The molecule has 0 saturated carbocycles. The van der Waals surface area contributed by atoms with Gasteiger partial charge in [0.2, 0.25) is 0 Å².